The molecule has 0 aliphatic carbocycles. The van der Waals surface area contributed by atoms with Crippen LogP contribution in [0.1, 0.15) is 12.6 Å². The van der Waals surface area contributed by atoms with Crippen LogP contribution in [-0.4, -0.2) is 58.1 Å². The summed E-state index contributed by atoms with van der Waals surface area (Å²) in [6.45, 7) is -0.307. The van der Waals surface area contributed by atoms with Crippen LogP contribution in [-0.2, 0) is 4.74 Å². The molecule has 1 aliphatic heterocycles. The first kappa shape index (κ1) is 19.0. The smallest absolute Gasteiger partial charge is 0.287 e. The topological polar surface area (TPSA) is 138 Å². The van der Waals surface area contributed by atoms with Gasteiger partial charge in [0.05, 0.1) is 30.1 Å². The van der Waals surface area contributed by atoms with E-state index >= 15 is 0 Å². The average molecular weight is 433 g/mol. The summed E-state index contributed by atoms with van der Waals surface area (Å²) in [5, 5.41) is 29.7. The van der Waals surface area contributed by atoms with Crippen molar-refractivity contribution in [2.24, 2.45) is 0 Å². The normalized spacial score (nSPS) is 21.2. The number of nitrogens with one attached hydrogen (secondary N) is 1. The van der Waals surface area contributed by atoms with Gasteiger partial charge in [0.15, 0.2) is 11.2 Å². The van der Waals surface area contributed by atoms with Gasteiger partial charge in [0.2, 0.25) is 5.78 Å². The Morgan fingerprint density at radius 2 is 2.03 bits per heavy atom. The molecule has 5 aromatic rings. The number of aliphatic hydroxyl groups excluding tert-OH is 2. The SMILES string of the molecule is O=c1c2ncn([C@H]3C[C@H](O)[C@@H](CO)O3)c2nc2[nH]c3cc(O)cc(-c4ccccc4)c3n12. The molecule has 4 heterocycles. The van der Waals surface area contributed by atoms with E-state index in [0.29, 0.717) is 28.0 Å². The molecule has 32 heavy (non-hydrogen) atoms. The summed E-state index contributed by atoms with van der Waals surface area (Å²) in [4.78, 5) is 25.5. The van der Waals surface area contributed by atoms with Crippen molar-refractivity contribution in [1.29, 1.82) is 0 Å². The standard InChI is InChI=1S/C22H19N5O5/c28-9-16-15(30)8-17(32-16)26-10-23-18-20(26)25-22-24-14-7-12(29)6-13(11-4-2-1-3-5-11)19(14)27(22)21(18)31/h1-7,10,15-17,28-30H,8-9H2,(H,24,25)/t15-,16+,17+/m0/s1. The highest BCUT2D eigenvalue weighted by Crippen LogP contribution is 2.34. The van der Waals surface area contributed by atoms with Crippen LogP contribution in [0.25, 0.3) is 39.1 Å². The quantitative estimate of drug-likeness (QED) is 0.339. The number of aromatic hydroxyl groups is 1. The maximum absolute atomic E-state index is 13.5. The van der Waals surface area contributed by atoms with E-state index in [2.05, 4.69) is 15.0 Å². The fourth-order valence-electron chi connectivity index (χ4n) is 4.43. The van der Waals surface area contributed by atoms with Crippen molar-refractivity contribution in [3.63, 3.8) is 0 Å². The van der Waals surface area contributed by atoms with Crippen molar-refractivity contribution in [2.45, 2.75) is 24.9 Å². The zero-order valence-corrected chi connectivity index (χ0v) is 16.7. The van der Waals surface area contributed by atoms with Crippen molar-refractivity contribution in [3.05, 3.63) is 59.1 Å². The summed E-state index contributed by atoms with van der Waals surface area (Å²) in [6, 6.07) is 12.6. The van der Waals surface area contributed by atoms with E-state index < -0.39 is 18.4 Å². The second-order valence-electron chi connectivity index (χ2n) is 7.90. The Labute approximate surface area is 180 Å². The summed E-state index contributed by atoms with van der Waals surface area (Å²) in [6.07, 6.45) is -0.420. The number of hydrogen-bond acceptors (Lipinski definition) is 7. The Balaban J connectivity index is 1.62. The molecule has 0 spiro atoms. The Hall–Kier alpha value is -3.73. The van der Waals surface area contributed by atoms with Crippen molar-refractivity contribution in [2.75, 3.05) is 6.61 Å². The summed E-state index contributed by atoms with van der Waals surface area (Å²) in [5.74, 6) is 0.353. The summed E-state index contributed by atoms with van der Waals surface area (Å²) in [7, 11) is 0. The number of imidazole rings is 2. The number of aliphatic hydroxyl groups is 2. The second kappa shape index (κ2) is 6.89. The third-order valence-electron chi connectivity index (χ3n) is 5.94. The van der Waals surface area contributed by atoms with Gasteiger partial charge in [-0.3, -0.25) is 9.36 Å². The van der Waals surface area contributed by atoms with Crippen LogP contribution in [0.15, 0.2) is 53.6 Å². The van der Waals surface area contributed by atoms with Crippen LogP contribution in [0.5, 0.6) is 5.75 Å². The number of hydrogen-bond donors (Lipinski definition) is 4. The monoisotopic (exact) mass is 433 g/mol. The fraction of sp³-hybridized carbons (Fsp3) is 0.227. The van der Waals surface area contributed by atoms with Crippen LogP contribution >= 0.6 is 0 Å². The number of ether oxygens (including phenoxy) is 1. The highest BCUT2D eigenvalue weighted by atomic mass is 16.5. The zero-order valence-electron chi connectivity index (χ0n) is 16.7. The minimum absolute atomic E-state index is 0.0616. The molecule has 2 aromatic carbocycles. The Morgan fingerprint density at radius 3 is 2.78 bits per heavy atom. The number of aromatic nitrogens is 5. The number of H-pyrrole nitrogens is 1. The number of aromatic amines is 1. The highest BCUT2D eigenvalue weighted by molar-refractivity contribution is 5.96. The molecule has 10 heteroatoms. The number of rotatable bonds is 3. The average Bonchev–Trinajstić information content (AvgIpc) is 3.48. The van der Waals surface area contributed by atoms with E-state index in [-0.39, 0.29) is 29.9 Å². The Morgan fingerprint density at radius 1 is 1.22 bits per heavy atom. The lowest BCUT2D eigenvalue weighted by Crippen LogP contribution is -2.24. The summed E-state index contributed by atoms with van der Waals surface area (Å²) in [5.41, 5.74) is 2.77. The molecule has 0 radical (unpaired) electrons. The molecule has 3 atom stereocenters. The zero-order chi connectivity index (χ0) is 22.0. The molecule has 0 bridgehead atoms. The van der Waals surface area contributed by atoms with Gasteiger partial charge >= 0.3 is 0 Å². The van der Waals surface area contributed by atoms with Gasteiger partial charge in [0.1, 0.15) is 18.1 Å². The van der Waals surface area contributed by atoms with Crippen molar-refractivity contribution in [3.8, 4) is 16.9 Å². The molecule has 0 amide bonds. The number of nitrogens with zero attached hydrogens (tertiary/aromatic N) is 4. The molecular formula is C22H19N5O5. The molecule has 0 unspecified atom stereocenters. The van der Waals surface area contributed by atoms with Crippen molar-refractivity contribution >= 4 is 28.0 Å². The van der Waals surface area contributed by atoms with E-state index in [1.807, 2.05) is 30.3 Å². The van der Waals surface area contributed by atoms with Crippen LogP contribution in [0, 0.1) is 0 Å². The van der Waals surface area contributed by atoms with Crippen LogP contribution in [0.2, 0.25) is 0 Å². The molecule has 4 N–H and O–H groups in total. The predicted octanol–water partition coefficient (Wildman–Crippen LogP) is 1.54. The lowest BCUT2D eigenvalue weighted by atomic mass is 10.0. The Kier molecular flexibility index (Phi) is 4.09. The maximum atomic E-state index is 13.5. The predicted molar refractivity (Wildman–Crippen MR) is 115 cm³/mol. The molecule has 1 aliphatic rings. The van der Waals surface area contributed by atoms with Gasteiger partial charge in [-0.05, 0) is 11.6 Å². The van der Waals surface area contributed by atoms with Crippen molar-refractivity contribution < 1.29 is 20.1 Å². The van der Waals surface area contributed by atoms with Gasteiger partial charge in [0, 0.05) is 18.1 Å². The number of fused-ring (bicyclic) bond motifs is 4. The van der Waals surface area contributed by atoms with Crippen LogP contribution in [0.4, 0.5) is 0 Å². The minimum atomic E-state index is -0.822. The van der Waals surface area contributed by atoms with Gasteiger partial charge in [-0.15, -0.1) is 0 Å². The van der Waals surface area contributed by atoms with E-state index in [1.165, 1.54) is 10.7 Å². The summed E-state index contributed by atoms with van der Waals surface area (Å²) < 4.78 is 8.76. The first-order valence-corrected chi connectivity index (χ1v) is 10.2. The largest absolute Gasteiger partial charge is 0.508 e. The number of phenolic OH excluding ortho intramolecular Hbond substituents is 1. The van der Waals surface area contributed by atoms with E-state index in [1.54, 1.807) is 16.7 Å². The van der Waals surface area contributed by atoms with Gasteiger partial charge in [-0.25, -0.2) is 9.38 Å². The number of benzene rings is 2. The van der Waals surface area contributed by atoms with Gasteiger partial charge < -0.3 is 25.0 Å². The second-order valence-corrected chi connectivity index (χ2v) is 7.90. The fourth-order valence-corrected chi connectivity index (χ4v) is 4.43. The molecular weight excluding hydrogens is 414 g/mol. The third kappa shape index (κ3) is 2.67. The lowest BCUT2D eigenvalue weighted by molar-refractivity contribution is -0.0432. The molecule has 10 nitrogen and oxygen atoms in total. The molecule has 3 aromatic heterocycles. The first-order chi connectivity index (χ1) is 15.5. The van der Waals surface area contributed by atoms with E-state index in [4.69, 9.17) is 4.74 Å². The molecule has 162 valence electrons. The maximum Gasteiger partial charge on any atom is 0.287 e. The van der Waals surface area contributed by atoms with E-state index in [0.717, 1.165) is 5.56 Å². The van der Waals surface area contributed by atoms with E-state index in [9.17, 15) is 20.1 Å². The van der Waals surface area contributed by atoms with Crippen LogP contribution in [0.3, 0.4) is 0 Å². The van der Waals surface area contributed by atoms with Gasteiger partial charge in [0.25, 0.3) is 5.56 Å². The van der Waals surface area contributed by atoms with Gasteiger partial charge in [-0.1, -0.05) is 30.3 Å². The highest BCUT2D eigenvalue weighted by Gasteiger charge is 2.35. The minimum Gasteiger partial charge on any atom is -0.508 e. The van der Waals surface area contributed by atoms with Crippen LogP contribution < -0.4 is 5.56 Å². The number of phenols is 1. The third-order valence-corrected chi connectivity index (χ3v) is 5.94. The molecule has 0 saturated carbocycles. The molecule has 1 saturated heterocycles. The summed E-state index contributed by atoms with van der Waals surface area (Å²) >= 11 is 0. The molecule has 6 rings (SSSR count). The molecule has 1 fully saturated rings. The Bertz CT molecular complexity index is 1540. The first-order valence-electron chi connectivity index (χ1n) is 10.2. The van der Waals surface area contributed by atoms with Gasteiger partial charge in [-0.2, -0.15) is 4.98 Å². The van der Waals surface area contributed by atoms with Crippen molar-refractivity contribution in [1.82, 2.24) is 23.9 Å². The lowest BCUT2D eigenvalue weighted by Gasteiger charge is -2.13.